The Balaban J connectivity index is 2.80. The van der Waals surface area contributed by atoms with Crippen molar-refractivity contribution < 1.29 is 4.79 Å². The van der Waals surface area contributed by atoms with E-state index in [0.717, 1.165) is 5.82 Å². The third kappa shape index (κ3) is 2.84. The second kappa shape index (κ2) is 5.43. The number of rotatable bonds is 5. The van der Waals surface area contributed by atoms with Crippen molar-refractivity contribution in [3.63, 3.8) is 0 Å². The Morgan fingerprint density at radius 1 is 1.61 bits per heavy atom. The molecular weight excluding hydrogens is 250 g/mol. The van der Waals surface area contributed by atoms with Crippen LogP contribution in [0.2, 0.25) is 0 Å². The van der Waals surface area contributed by atoms with Gasteiger partial charge in [-0.25, -0.2) is 4.98 Å². The van der Waals surface area contributed by atoms with Crippen LogP contribution < -0.4 is 5.73 Å². The molecule has 0 fully saturated rings. The van der Waals surface area contributed by atoms with Crippen molar-refractivity contribution in [1.29, 1.82) is 0 Å². The van der Waals surface area contributed by atoms with Crippen LogP contribution in [0.25, 0.3) is 0 Å². The van der Waals surface area contributed by atoms with Crippen LogP contribution in [0.4, 0.5) is 0 Å². The monoisotopic (exact) mass is 269 g/mol. The molecule has 0 saturated carbocycles. The fourth-order valence-corrected chi connectivity index (χ4v) is 1.83. The third-order valence-electron chi connectivity index (χ3n) is 3.09. The molecule has 100 valence electrons. The van der Waals surface area contributed by atoms with Crippen molar-refractivity contribution in [2.24, 2.45) is 11.1 Å². The molecule has 0 aromatic carbocycles. The van der Waals surface area contributed by atoms with Crippen LogP contribution in [0.15, 0.2) is 0 Å². The Bertz CT molecular complexity index is 458. The number of nitrogens with zero attached hydrogens (tertiary/aromatic N) is 3. The predicted molar refractivity (Wildman–Crippen MR) is 72.8 cm³/mol. The summed E-state index contributed by atoms with van der Waals surface area (Å²) in [5.41, 5.74) is 4.85. The van der Waals surface area contributed by atoms with E-state index < -0.39 is 5.41 Å². The van der Waals surface area contributed by atoms with E-state index in [-0.39, 0.29) is 10.9 Å². The van der Waals surface area contributed by atoms with E-state index in [9.17, 15) is 4.79 Å². The molecule has 1 amide bonds. The molecule has 0 radical (unpaired) electrons. The third-order valence-corrected chi connectivity index (χ3v) is 3.54. The molecule has 3 N–H and O–H groups in total. The lowest BCUT2D eigenvalue weighted by molar-refractivity contribution is -0.137. The van der Waals surface area contributed by atoms with Gasteiger partial charge in [0.1, 0.15) is 5.82 Å². The average molecular weight is 269 g/mol. The van der Waals surface area contributed by atoms with Gasteiger partial charge in [0.05, 0.1) is 16.9 Å². The van der Waals surface area contributed by atoms with Crippen molar-refractivity contribution in [3.8, 4) is 0 Å². The minimum Gasteiger partial charge on any atom is -0.392 e. The van der Waals surface area contributed by atoms with Gasteiger partial charge in [0.25, 0.3) is 0 Å². The van der Waals surface area contributed by atoms with Crippen LogP contribution in [0.1, 0.15) is 31.9 Å². The normalized spacial score (nSPS) is 14.0. The maximum atomic E-state index is 12.3. The fourth-order valence-electron chi connectivity index (χ4n) is 1.60. The molecule has 0 bridgehead atoms. The molecule has 6 nitrogen and oxygen atoms in total. The van der Waals surface area contributed by atoms with Crippen LogP contribution in [-0.4, -0.2) is 38.0 Å². The molecule has 0 aliphatic heterocycles. The Morgan fingerprint density at radius 3 is 2.61 bits per heavy atom. The molecular formula is C11H19N5OS. The largest absolute Gasteiger partial charge is 0.392 e. The second-order valence-electron chi connectivity index (χ2n) is 4.55. The van der Waals surface area contributed by atoms with Gasteiger partial charge in [0, 0.05) is 7.05 Å². The number of H-pyrrole nitrogens is 1. The van der Waals surface area contributed by atoms with Crippen molar-refractivity contribution in [1.82, 2.24) is 20.1 Å². The number of carbonyl (C=O) groups excluding carboxylic acids is 1. The van der Waals surface area contributed by atoms with Crippen LogP contribution in [0.3, 0.4) is 0 Å². The fraction of sp³-hybridized carbons (Fsp3) is 0.636. The van der Waals surface area contributed by atoms with Crippen molar-refractivity contribution >= 4 is 23.1 Å². The van der Waals surface area contributed by atoms with Gasteiger partial charge in [0.15, 0.2) is 5.82 Å². The van der Waals surface area contributed by atoms with Gasteiger partial charge < -0.3 is 10.6 Å². The molecule has 0 aliphatic rings. The standard InChI is InChI=1S/C11H19N5OS/c1-5-11(3,9(12)18)10(17)16(4)6-8-13-7(2)14-15-8/h5-6H2,1-4H3,(H2,12,18)(H,13,14,15). The molecule has 0 spiro atoms. The van der Waals surface area contributed by atoms with Gasteiger partial charge in [0.2, 0.25) is 5.91 Å². The first kappa shape index (κ1) is 14.6. The lowest BCUT2D eigenvalue weighted by Gasteiger charge is -2.30. The molecule has 18 heavy (non-hydrogen) atoms. The number of hydrogen-bond acceptors (Lipinski definition) is 4. The van der Waals surface area contributed by atoms with Gasteiger partial charge in [-0.05, 0) is 20.3 Å². The van der Waals surface area contributed by atoms with Crippen LogP contribution in [0, 0.1) is 12.3 Å². The maximum Gasteiger partial charge on any atom is 0.235 e. The average Bonchev–Trinajstić information content (AvgIpc) is 2.72. The number of amides is 1. The molecule has 1 aromatic heterocycles. The Hall–Kier alpha value is -1.50. The Morgan fingerprint density at radius 2 is 2.22 bits per heavy atom. The highest BCUT2D eigenvalue weighted by atomic mass is 32.1. The summed E-state index contributed by atoms with van der Waals surface area (Å²) in [5, 5.41) is 6.74. The quantitative estimate of drug-likeness (QED) is 0.771. The summed E-state index contributed by atoms with van der Waals surface area (Å²) in [4.78, 5) is 18.3. The Labute approximate surface area is 112 Å². The summed E-state index contributed by atoms with van der Waals surface area (Å²) < 4.78 is 0. The molecule has 0 saturated heterocycles. The zero-order valence-electron chi connectivity index (χ0n) is 11.1. The van der Waals surface area contributed by atoms with Crippen LogP contribution in [0.5, 0.6) is 0 Å². The van der Waals surface area contributed by atoms with E-state index in [4.69, 9.17) is 18.0 Å². The van der Waals surface area contributed by atoms with Crippen molar-refractivity contribution in [2.75, 3.05) is 7.05 Å². The second-order valence-corrected chi connectivity index (χ2v) is 4.99. The molecule has 1 aromatic rings. The smallest absolute Gasteiger partial charge is 0.235 e. The molecule has 1 atom stereocenters. The van der Waals surface area contributed by atoms with E-state index >= 15 is 0 Å². The van der Waals surface area contributed by atoms with E-state index in [1.165, 1.54) is 0 Å². The summed E-state index contributed by atoms with van der Waals surface area (Å²) in [6.07, 6.45) is 0.568. The molecule has 1 unspecified atom stereocenters. The number of nitrogens with two attached hydrogens (primary N) is 1. The van der Waals surface area contributed by atoms with Gasteiger partial charge in [-0.1, -0.05) is 19.1 Å². The minimum absolute atomic E-state index is 0.111. The Kier molecular flexibility index (Phi) is 4.39. The van der Waals surface area contributed by atoms with Gasteiger partial charge in [-0.2, -0.15) is 5.10 Å². The number of hydrogen-bond donors (Lipinski definition) is 2. The summed E-state index contributed by atoms with van der Waals surface area (Å²) in [7, 11) is 1.69. The minimum atomic E-state index is -0.810. The van der Waals surface area contributed by atoms with Gasteiger partial charge in [-0.15, -0.1) is 0 Å². The highest BCUT2D eigenvalue weighted by molar-refractivity contribution is 7.80. The van der Waals surface area contributed by atoms with E-state index in [0.29, 0.717) is 18.8 Å². The summed E-state index contributed by atoms with van der Waals surface area (Å²) in [6, 6.07) is 0. The number of thiocarbonyl (C=S) groups is 1. The first-order chi connectivity index (χ1) is 8.31. The zero-order valence-corrected chi connectivity index (χ0v) is 12.0. The number of aryl methyl sites for hydroxylation is 1. The number of nitrogens with one attached hydrogen (secondary N) is 1. The summed E-state index contributed by atoms with van der Waals surface area (Å²) >= 11 is 4.99. The van der Waals surface area contributed by atoms with Crippen LogP contribution in [-0.2, 0) is 11.3 Å². The number of aromatic nitrogens is 3. The molecule has 7 heteroatoms. The van der Waals surface area contributed by atoms with Crippen molar-refractivity contribution in [2.45, 2.75) is 33.7 Å². The first-order valence-corrected chi connectivity index (χ1v) is 6.15. The molecule has 1 rings (SSSR count). The summed E-state index contributed by atoms with van der Waals surface area (Å²) in [5.74, 6) is 1.18. The SMILES string of the molecule is CCC(C)(C(=O)N(C)Cc1n[nH]c(C)n1)C(N)=S. The van der Waals surface area contributed by atoms with Gasteiger partial charge in [-0.3, -0.25) is 9.89 Å². The molecule has 0 aliphatic carbocycles. The topological polar surface area (TPSA) is 87.9 Å². The van der Waals surface area contributed by atoms with Crippen LogP contribution >= 0.6 is 12.2 Å². The van der Waals surface area contributed by atoms with Gasteiger partial charge >= 0.3 is 0 Å². The lowest BCUT2D eigenvalue weighted by Crippen LogP contribution is -2.47. The zero-order chi connectivity index (χ0) is 13.9. The highest BCUT2D eigenvalue weighted by Crippen LogP contribution is 2.24. The first-order valence-electron chi connectivity index (χ1n) is 5.74. The number of aromatic amines is 1. The number of carbonyl (C=O) groups is 1. The summed E-state index contributed by atoms with van der Waals surface area (Å²) in [6.45, 7) is 5.80. The van der Waals surface area contributed by atoms with Crippen molar-refractivity contribution in [3.05, 3.63) is 11.6 Å². The predicted octanol–water partition coefficient (Wildman–Crippen LogP) is 0.774. The molecule has 1 heterocycles. The van der Waals surface area contributed by atoms with E-state index in [2.05, 4.69) is 15.2 Å². The highest BCUT2D eigenvalue weighted by Gasteiger charge is 2.37. The van der Waals surface area contributed by atoms with E-state index in [1.807, 2.05) is 13.8 Å². The van der Waals surface area contributed by atoms with E-state index in [1.54, 1.807) is 18.9 Å². The maximum absolute atomic E-state index is 12.3. The lowest BCUT2D eigenvalue weighted by atomic mass is 9.86.